The van der Waals surface area contributed by atoms with Crippen LogP contribution in [0.3, 0.4) is 0 Å². The molecule has 0 rings (SSSR count). The van der Waals surface area contributed by atoms with Crippen LogP contribution in [-0.4, -0.2) is 34.1 Å². The first-order chi connectivity index (χ1) is 18.2. The smallest absolute Gasteiger partial charge is 0.133 e. The summed E-state index contributed by atoms with van der Waals surface area (Å²) in [5, 5.41) is 27.4. The average Bonchev–Trinajstić information content (AvgIpc) is 2.90. The minimum absolute atomic E-state index is 0.200. The van der Waals surface area contributed by atoms with E-state index in [-0.39, 0.29) is 6.61 Å². The van der Waals surface area contributed by atoms with Crippen LogP contribution in [0, 0.1) is 47.9 Å². The highest BCUT2D eigenvalue weighted by Gasteiger charge is 1.98. The van der Waals surface area contributed by atoms with Gasteiger partial charge in [0.25, 0.3) is 0 Å². The molecule has 3 heteroatoms. The van der Waals surface area contributed by atoms with Crippen LogP contribution in [0.25, 0.3) is 0 Å². The zero-order chi connectivity index (χ0) is 27.1. The number of unbranched alkanes of at least 4 members (excludes halogenated alkanes) is 15. The van der Waals surface area contributed by atoms with Gasteiger partial charge < -0.3 is 15.3 Å². The van der Waals surface area contributed by atoms with E-state index in [4.69, 9.17) is 11.5 Å². The molecule has 2 unspecified atom stereocenters. The molecule has 0 saturated carbocycles. The molecule has 0 heterocycles. The Bertz CT molecular complexity index is 798. The fraction of sp³-hybridized carbons (Fsp3) is 0.647. The molecule has 0 bridgehead atoms. The van der Waals surface area contributed by atoms with Crippen molar-refractivity contribution in [3.05, 3.63) is 24.3 Å². The fourth-order valence-electron chi connectivity index (χ4n) is 3.76. The molecule has 3 N–H and O–H groups in total. The molecule has 0 aromatic heterocycles. The number of allylic oxidation sites excluding steroid dienone is 3. The molecule has 0 amide bonds. The highest BCUT2D eigenvalue weighted by Crippen LogP contribution is 2.11. The third kappa shape index (κ3) is 29.7. The monoisotopic (exact) mass is 506 g/mol. The van der Waals surface area contributed by atoms with Crippen LogP contribution in [0.15, 0.2) is 24.3 Å². The Hall–Kier alpha value is -2.40. The number of aliphatic hydroxyl groups excluding tert-OH is 3. The van der Waals surface area contributed by atoms with Gasteiger partial charge in [0.05, 0.1) is 0 Å². The summed E-state index contributed by atoms with van der Waals surface area (Å²) in [7, 11) is 0. The normalized spacial score (nSPS) is 12.2. The quantitative estimate of drug-likeness (QED) is 0.0904. The topological polar surface area (TPSA) is 60.7 Å². The van der Waals surface area contributed by atoms with Crippen molar-refractivity contribution in [2.24, 2.45) is 0 Å². The van der Waals surface area contributed by atoms with Gasteiger partial charge in [-0.15, -0.1) is 18.3 Å². The van der Waals surface area contributed by atoms with E-state index in [1.165, 1.54) is 70.6 Å². The Morgan fingerprint density at radius 1 is 0.595 bits per heavy atom. The standard InChI is InChI=1S/C34H50O3/c1-2-33(36)29-25-22-20-18-16-14-12-10-8-6-4-3-5-7-9-11-13-15-17-19-21-23-26-30-34(37)31-27-24-28-32-35/h1,3,5,25,29,33-37H,4,6-14,16,18-23,26,30,32H2/b5-3-,29-25+. The van der Waals surface area contributed by atoms with Gasteiger partial charge >= 0.3 is 0 Å². The van der Waals surface area contributed by atoms with Crippen molar-refractivity contribution in [2.45, 2.75) is 134 Å². The van der Waals surface area contributed by atoms with Gasteiger partial charge in [0, 0.05) is 12.8 Å². The number of hydrogen-bond acceptors (Lipinski definition) is 3. The average molecular weight is 507 g/mol. The lowest BCUT2D eigenvalue weighted by Crippen LogP contribution is -2.01. The second-order valence-corrected chi connectivity index (χ2v) is 9.36. The van der Waals surface area contributed by atoms with Crippen LogP contribution >= 0.6 is 0 Å². The number of rotatable bonds is 21. The fourth-order valence-corrected chi connectivity index (χ4v) is 3.76. The van der Waals surface area contributed by atoms with Crippen LogP contribution in [0.4, 0.5) is 0 Å². The SMILES string of the molecule is C#CC(O)/C=C/CCCCCCCCCC/C=C\CCCCC#CCCCCCC(O)C#CC#CCO. The van der Waals surface area contributed by atoms with Gasteiger partial charge in [0.1, 0.15) is 18.8 Å². The summed E-state index contributed by atoms with van der Waals surface area (Å²) >= 11 is 0. The maximum atomic E-state index is 9.70. The third-order valence-electron chi connectivity index (χ3n) is 5.94. The molecule has 0 aliphatic heterocycles. The van der Waals surface area contributed by atoms with Crippen molar-refractivity contribution in [1.82, 2.24) is 0 Å². The molecule has 0 saturated heterocycles. The second kappa shape index (κ2) is 29.8. The molecule has 0 radical (unpaired) electrons. The Labute approximate surface area is 228 Å². The van der Waals surface area contributed by atoms with Gasteiger partial charge in [-0.05, 0) is 82.1 Å². The molecular formula is C34H50O3. The molecule has 204 valence electrons. The number of hydrogen-bond donors (Lipinski definition) is 3. The molecule has 0 aliphatic rings. The van der Waals surface area contributed by atoms with E-state index in [0.29, 0.717) is 6.42 Å². The van der Waals surface area contributed by atoms with Gasteiger partial charge in [-0.1, -0.05) is 80.9 Å². The second-order valence-electron chi connectivity index (χ2n) is 9.36. The predicted molar refractivity (Wildman–Crippen MR) is 157 cm³/mol. The molecule has 0 fully saturated rings. The molecule has 0 aromatic rings. The summed E-state index contributed by atoms with van der Waals surface area (Å²) in [6, 6.07) is 0. The van der Waals surface area contributed by atoms with Crippen LogP contribution in [0.5, 0.6) is 0 Å². The molecule has 2 atom stereocenters. The van der Waals surface area contributed by atoms with Crippen LogP contribution in [0.2, 0.25) is 0 Å². The van der Waals surface area contributed by atoms with E-state index in [2.05, 4.69) is 53.6 Å². The van der Waals surface area contributed by atoms with Crippen molar-refractivity contribution in [1.29, 1.82) is 0 Å². The molecule has 0 aliphatic carbocycles. The highest BCUT2D eigenvalue weighted by molar-refractivity contribution is 5.27. The third-order valence-corrected chi connectivity index (χ3v) is 5.94. The predicted octanol–water partition coefficient (Wildman–Crippen LogP) is 6.87. The lowest BCUT2D eigenvalue weighted by atomic mass is 10.1. The summed E-state index contributed by atoms with van der Waals surface area (Å²) in [5.41, 5.74) is 0. The van der Waals surface area contributed by atoms with E-state index in [9.17, 15) is 10.2 Å². The van der Waals surface area contributed by atoms with Crippen molar-refractivity contribution < 1.29 is 15.3 Å². The summed E-state index contributed by atoms with van der Waals surface area (Å²) in [6.07, 6.45) is 34.0. The number of terminal acetylenes is 1. The van der Waals surface area contributed by atoms with E-state index >= 15 is 0 Å². The first kappa shape index (κ1) is 34.6. The van der Waals surface area contributed by atoms with Gasteiger partial charge in [0.15, 0.2) is 0 Å². The zero-order valence-corrected chi connectivity index (χ0v) is 23.0. The molecular weight excluding hydrogens is 456 g/mol. The summed E-state index contributed by atoms with van der Waals surface area (Å²) in [6.45, 7) is -0.200. The maximum Gasteiger partial charge on any atom is 0.133 e. The maximum absolute atomic E-state index is 9.70. The van der Waals surface area contributed by atoms with E-state index in [1.54, 1.807) is 6.08 Å². The van der Waals surface area contributed by atoms with Crippen molar-refractivity contribution in [3.63, 3.8) is 0 Å². The van der Waals surface area contributed by atoms with Crippen molar-refractivity contribution in [2.75, 3.05) is 6.61 Å². The number of aliphatic hydroxyl groups is 3. The first-order valence-corrected chi connectivity index (χ1v) is 14.4. The largest absolute Gasteiger partial charge is 0.384 e. The van der Waals surface area contributed by atoms with Gasteiger partial charge in [-0.3, -0.25) is 0 Å². The van der Waals surface area contributed by atoms with E-state index in [1.807, 2.05) is 6.08 Å². The summed E-state index contributed by atoms with van der Waals surface area (Å²) in [5.74, 6) is 19.0. The molecule has 0 aromatic carbocycles. The van der Waals surface area contributed by atoms with Gasteiger partial charge in [0.2, 0.25) is 0 Å². The zero-order valence-electron chi connectivity index (χ0n) is 23.0. The lowest BCUT2D eigenvalue weighted by Gasteiger charge is -2.01. The van der Waals surface area contributed by atoms with E-state index in [0.717, 1.165) is 44.9 Å². The minimum atomic E-state index is -0.728. The van der Waals surface area contributed by atoms with Crippen molar-refractivity contribution >= 4 is 0 Å². The van der Waals surface area contributed by atoms with Crippen LogP contribution in [-0.2, 0) is 0 Å². The van der Waals surface area contributed by atoms with E-state index < -0.39 is 12.2 Å². The van der Waals surface area contributed by atoms with Crippen LogP contribution in [0.1, 0.15) is 122 Å². The first-order valence-electron chi connectivity index (χ1n) is 14.4. The molecule has 37 heavy (non-hydrogen) atoms. The molecule has 3 nitrogen and oxygen atoms in total. The molecule has 0 spiro atoms. The Balaban J connectivity index is 3.35. The lowest BCUT2D eigenvalue weighted by molar-refractivity contribution is 0.217. The Morgan fingerprint density at radius 2 is 1.11 bits per heavy atom. The van der Waals surface area contributed by atoms with Crippen LogP contribution < -0.4 is 0 Å². The van der Waals surface area contributed by atoms with Gasteiger partial charge in [-0.2, -0.15) is 0 Å². The summed E-state index contributed by atoms with van der Waals surface area (Å²) in [4.78, 5) is 0. The minimum Gasteiger partial charge on any atom is -0.384 e. The highest BCUT2D eigenvalue weighted by atomic mass is 16.3. The Morgan fingerprint density at radius 3 is 1.70 bits per heavy atom. The van der Waals surface area contributed by atoms with Gasteiger partial charge in [-0.25, -0.2) is 0 Å². The summed E-state index contributed by atoms with van der Waals surface area (Å²) < 4.78 is 0. The Kier molecular flexibility index (Phi) is 27.9. The van der Waals surface area contributed by atoms with Crippen molar-refractivity contribution in [3.8, 4) is 47.9 Å².